The van der Waals surface area contributed by atoms with E-state index >= 15 is 0 Å². The number of benzene rings is 1. The summed E-state index contributed by atoms with van der Waals surface area (Å²) in [6.45, 7) is 8.89. The summed E-state index contributed by atoms with van der Waals surface area (Å²) < 4.78 is 4.89. The molecule has 0 fully saturated rings. The van der Waals surface area contributed by atoms with Crippen LogP contribution >= 0.6 is 0 Å². The second kappa shape index (κ2) is 4.32. The third-order valence-corrected chi connectivity index (χ3v) is 1.74. The maximum absolute atomic E-state index is 6.97. The molecule has 0 spiro atoms. The van der Waals surface area contributed by atoms with E-state index in [4.69, 9.17) is 11.3 Å². The van der Waals surface area contributed by atoms with E-state index in [0.717, 1.165) is 11.1 Å². The van der Waals surface area contributed by atoms with Crippen molar-refractivity contribution in [3.63, 3.8) is 0 Å². The molecule has 0 bridgehead atoms. The Labute approximate surface area is 78.3 Å². The fourth-order valence-corrected chi connectivity index (χ4v) is 1.14. The van der Waals surface area contributed by atoms with E-state index in [1.165, 1.54) is 0 Å². The Balaban J connectivity index is 3.15. The van der Waals surface area contributed by atoms with Crippen LogP contribution in [-0.4, -0.2) is 7.11 Å². The predicted molar refractivity (Wildman–Crippen MR) is 53.4 cm³/mol. The van der Waals surface area contributed by atoms with Crippen LogP contribution in [0.5, 0.6) is 0 Å². The van der Waals surface area contributed by atoms with Gasteiger partial charge in [-0.15, -0.1) is 0 Å². The van der Waals surface area contributed by atoms with Gasteiger partial charge in [0.25, 0.3) is 0 Å². The highest BCUT2D eigenvalue weighted by Gasteiger charge is 2.01. The highest BCUT2D eigenvalue weighted by molar-refractivity contribution is 5.74. The predicted octanol–water partition coefficient (Wildman–Crippen LogP) is 3.24. The van der Waals surface area contributed by atoms with Crippen molar-refractivity contribution in [1.82, 2.24) is 0 Å². The van der Waals surface area contributed by atoms with Crippen LogP contribution in [0.15, 0.2) is 30.5 Å². The van der Waals surface area contributed by atoms with Crippen molar-refractivity contribution in [2.75, 3.05) is 7.11 Å². The van der Waals surface area contributed by atoms with Crippen LogP contribution in [-0.2, 0) is 4.74 Å². The Kier molecular flexibility index (Phi) is 3.10. The summed E-state index contributed by atoms with van der Waals surface area (Å²) >= 11 is 0. The second-order valence-electron chi connectivity index (χ2n) is 2.67. The lowest BCUT2D eigenvalue weighted by molar-refractivity contribution is 0.339. The third kappa shape index (κ3) is 2.09. The van der Waals surface area contributed by atoms with Gasteiger partial charge in [-0.05, 0) is 18.1 Å². The number of methoxy groups -OCH3 is 1. The molecule has 13 heavy (non-hydrogen) atoms. The van der Waals surface area contributed by atoms with Crippen LogP contribution in [0.25, 0.3) is 10.4 Å². The van der Waals surface area contributed by atoms with Gasteiger partial charge in [0.15, 0.2) is 5.69 Å². The van der Waals surface area contributed by atoms with Crippen LogP contribution < -0.4 is 0 Å². The van der Waals surface area contributed by atoms with Crippen molar-refractivity contribution in [2.45, 2.75) is 6.92 Å². The van der Waals surface area contributed by atoms with Gasteiger partial charge in [0.2, 0.25) is 0 Å². The first kappa shape index (κ1) is 9.34. The minimum atomic E-state index is 0.660. The Hall–Kier alpha value is -1.75. The monoisotopic (exact) mass is 173 g/mol. The van der Waals surface area contributed by atoms with Gasteiger partial charge in [0.05, 0.1) is 19.9 Å². The quantitative estimate of drug-likeness (QED) is 0.494. The topological polar surface area (TPSA) is 13.6 Å². The fraction of sp³-hybridized carbons (Fsp3) is 0.182. The Morgan fingerprint density at radius 1 is 1.46 bits per heavy atom. The summed E-state index contributed by atoms with van der Waals surface area (Å²) in [6, 6.07) is 7.49. The second-order valence-corrected chi connectivity index (χ2v) is 2.67. The van der Waals surface area contributed by atoms with Gasteiger partial charge in [-0.3, -0.25) is 0 Å². The van der Waals surface area contributed by atoms with Crippen LogP contribution in [0.3, 0.4) is 0 Å². The minimum absolute atomic E-state index is 0.660. The standard InChI is InChI=1S/C11H11NO/c1-9(8-13-3)10-6-4-5-7-11(10)12-2/h4-8H,1,3H3/b9-8+. The molecule has 2 heteroatoms. The summed E-state index contributed by atoms with van der Waals surface area (Å²) in [4.78, 5) is 3.43. The zero-order valence-electron chi connectivity index (χ0n) is 7.74. The summed E-state index contributed by atoms with van der Waals surface area (Å²) in [7, 11) is 1.60. The van der Waals surface area contributed by atoms with Crippen LogP contribution in [0.1, 0.15) is 12.5 Å². The van der Waals surface area contributed by atoms with Crippen molar-refractivity contribution >= 4 is 11.3 Å². The zero-order valence-corrected chi connectivity index (χ0v) is 7.74. The van der Waals surface area contributed by atoms with Gasteiger partial charge in [0, 0.05) is 0 Å². The van der Waals surface area contributed by atoms with Crippen LogP contribution in [0, 0.1) is 6.57 Å². The molecule has 0 aliphatic carbocycles. The van der Waals surface area contributed by atoms with Crippen molar-refractivity contribution in [1.29, 1.82) is 0 Å². The lowest BCUT2D eigenvalue weighted by atomic mass is 10.1. The molecule has 0 N–H and O–H groups in total. The lowest BCUT2D eigenvalue weighted by Crippen LogP contribution is -1.80. The van der Waals surface area contributed by atoms with Gasteiger partial charge in [-0.25, -0.2) is 4.85 Å². The van der Waals surface area contributed by atoms with E-state index in [9.17, 15) is 0 Å². The van der Waals surface area contributed by atoms with E-state index in [-0.39, 0.29) is 0 Å². The lowest BCUT2D eigenvalue weighted by Gasteiger charge is -2.02. The molecule has 0 radical (unpaired) electrons. The van der Waals surface area contributed by atoms with E-state index in [0.29, 0.717) is 5.69 Å². The van der Waals surface area contributed by atoms with Crippen molar-refractivity contribution < 1.29 is 4.74 Å². The molecule has 0 saturated heterocycles. The Bertz CT molecular complexity index is 361. The maximum atomic E-state index is 6.97. The van der Waals surface area contributed by atoms with Crippen molar-refractivity contribution in [3.8, 4) is 0 Å². The molecule has 2 nitrogen and oxygen atoms in total. The molecular formula is C11H11NO. The molecule has 0 saturated carbocycles. The van der Waals surface area contributed by atoms with Gasteiger partial charge in [-0.1, -0.05) is 24.3 Å². The largest absolute Gasteiger partial charge is 0.504 e. The molecule has 0 aliphatic rings. The molecule has 1 rings (SSSR count). The zero-order chi connectivity index (χ0) is 9.68. The maximum Gasteiger partial charge on any atom is 0.194 e. The first-order valence-corrected chi connectivity index (χ1v) is 3.96. The molecule has 0 atom stereocenters. The first-order valence-electron chi connectivity index (χ1n) is 3.96. The van der Waals surface area contributed by atoms with E-state index < -0.39 is 0 Å². The van der Waals surface area contributed by atoms with E-state index in [1.54, 1.807) is 19.4 Å². The average Bonchev–Trinajstić information content (AvgIpc) is 2.18. The number of hydrogen-bond donors (Lipinski definition) is 0. The Morgan fingerprint density at radius 3 is 2.77 bits per heavy atom. The van der Waals surface area contributed by atoms with Gasteiger partial charge >= 0.3 is 0 Å². The normalized spacial score (nSPS) is 10.7. The van der Waals surface area contributed by atoms with Crippen LogP contribution in [0.4, 0.5) is 5.69 Å². The molecular weight excluding hydrogens is 162 g/mol. The molecule has 66 valence electrons. The average molecular weight is 173 g/mol. The highest BCUT2D eigenvalue weighted by Crippen LogP contribution is 2.25. The molecule has 0 aromatic heterocycles. The van der Waals surface area contributed by atoms with E-state index in [2.05, 4.69) is 4.85 Å². The Morgan fingerprint density at radius 2 is 2.15 bits per heavy atom. The fourth-order valence-electron chi connectivity index (χ4n) is 1.14. The summed E-state index contributed by atoms with van der Waals surface area (Å²) in [5.74, 6) is 0. The minimum Gasteiger partial charge on any atom is -0.504 e. The highest BCUT2D eigenvalue weighted by atomic mass is 16.5. The smallest absolute Gasteiger partial charge is 0.194 e. The van der Waals surface area contributed by atoms with Gasteiger partial charge in [0.1, 0.15) is 0 Å². The van der Waals surface area contributed by atoms with Gasteiger partial charge in [-0.2, -0.15) is 0 Å². The summed E-state index contributed by atoms with van der Waals surface area (Å²) in [5.41, 5.74) is 2.56. The molecule has 0 heterocycles. The molecule has 0 unspecified atom stereocenters. The van der Waals surface area contributed by atoms with E-state index in [1.807, 2.05) is 25.1 Å². The summed E-state index contributed by atoms with van der Waals surface area (Å²) in [5, 5.41) is 0. The number of nitrogens with zero attached hydrogens (tertiary/aromatic N) is 1. The number of allylic oxidation sites excluding steroid dienone is 1. The van der Waals surface area contributed by atoms with Crippen LogP contribution in [0.2, 0.25) is 0 Å². The summed E-state index contributed by atoms with van der Waals surface area (Å²) in [6.07, 6.45) is 1.64. The molecule has 1 aromatic rings. The van der Waals surface area contributed by atoms with Crippen molar-refractivity contribution in [3.05, 3.63) is 47.5 Å². The number of rotatable bonds is 2. The number of ether oxygens (including phenoxy) is 1. The third-order valence-electron chi connectivity index (χ3n) is 1.74. The number of para-hydroxylation sites is 1. The molecule has 0 amide bonds. The first-order chi connectivity index (χ1) is 6.29. The SMILES string of the molecule is [C-]#[N+]c1ccccc1/C(C)=C/OC. The molecule has 1 aromatic carbocycles. The van der Waals surface area contributed by atoms with Crippen molar-refractivity contribution in [2.24, 2.45) is 0 Å². The number of hydrogen-bond acceptors (Lipinski definition) is 1. The van der Waals surface area contributed by atoms with Gasteiger partial charge < -0.3 is 4.74 Å². The molecule has 0 aliphatic heterocycles.